The number of nitrogens with zero attached hydrogens (tertiary/aromatic N) is 2. The number of amides is 1. The van der Waals surface area contributed by atoms with Gasteiger partial charge in [-0.15, -0.1) is 0 Å². The molecule has 1 aromatic heterocycles. The predicted octanol–water partition coefficient (Wildman–Crippen LogP) is 3.08. The van der Waals surface area contributed by atoms with Gasteiger partial charge in [0.1, 0.15) is 11.6 Å². The van der Waals surface area contributed by atoms with E-state index < -0.39 is 0 Å². The molecule has 0 atom stereocenters. The first-order chi connectivity index (χ1) is 9.58. The van der Waals surface area contributed by atoms with Crippen molar-refractivity contribution in [1.82, 2.24) is 9.88 Å². The average molecular weight is 339 g/mol. The summed E-state index contributed by atoms with van der Waals surface area (Å²) in [6, 6.07) is 3.12. The van der Waals surface area contributed by atoms with Crippen LogP contribution in [0.1, 0.15) is 27.4 Å². The van der Waals surface area contributed by atoms with E-state index in [0.29, 0.717) is 30.0 Å². The molecular weight excluding hydrogens is 327 g/mol. The molecule has 0 fully saturated rings. The van der Waals surface area contributed by atoms with E-state index in [4.69, 9.17) is 4.42 Å². The number of aromatic nitrogens is 1. The summed E-state index contributed by atoms with van der Waals surface area (Å²) in [6.07, 6.45) is 1.87. The summed E-state index contributed by atoms with van der Waals surface area (Å²) < 4.78 is 19.9. The third-order valence-corrected chi connectivity index (χ3v) is 4.28. The van der Waals surface area contributed by atoms with Crippen LogP contribution in [0.15, 0.2) is 27.4 Å². The van der Waals surface area contributed by atoms with Crippen molar-refractivity contribution in [2.45, 2.75) is 19.9 Å². The molecule has 0 saturated heterocycles. The first-order valence-corrected chi connectivity index (χ1v) is 7.02. The molecule has 4 nitrogen and oxygen atoms in total. The van der Waals surface area contributed by atoms with E-state index >= 15 is 0 Å². The molecule has 2 aromatic rings. The van der Waals surface area contributed by atoms with Crippen molar-refractivity contribution in [3.8, 4) is 0 Å². The fraction of sp³-hybridized carbons (Fsp3) is 0.286. The maximum Gasteiger partial charge on any atom is 0.276 e. The van der Waals surface area contributed by atoms with Gasteiger partial charge in [0.2, 0.25) is 0 Å². The minimum Gasteiger partial charge on any atom is -0.448 e. The maximum absolute atomic E-state index is 13.9. The van der Waals surface area contributed by atoms with Crippen molar-refractivity contribution in [3.05, 3.63) is 51.4 Å². The number of carbonyl (C=O) groups is 1. The number of halogens is 2. The monoisotopic (exact) mass is 338 g/mol. The number of oxazole rings is 1. The number of aryl methyl sites for hydroxylation is 1. The summed E-state index contributed by atoms with van der Waals surface area (Å²) in [7, 11) is 0. The molecule has 6 heteroatoms. The summed E-state index contributed by atoms with van der Waals surface area (Å²) in [6.45, 7) is 2.49. The Balaban J connectivity index is 1.91. The highest BCUT2D eigenvalue weighted by Gasteiger charge is 2.27. The van der Waals surface area contributed by atoms with Crippen molar-refractivity contribution in [2.75, 3.05) is 6.54 Å². The highest BCUT2D eigenvalue weighted by molar-refractivity contribution is 9.10. The lowest BCUT2D eigenvalue weighted by Gasteiger charge is -2.29. The van der Waals surface area contributed by atoms with Gasteiger partial charge in [0.15, 0.2) is 12.1 Å². The summed E-state index contributed by atoms with van der Waals surface area (Å²) in [4.78, 5) is 17.9. The lowest BCUT2D eigenvalue weighted by atomic mass is 9.99. The fourth-order valence-corrected chi connectivity index (χ4v) is 3.00. The van der Waals surface area contributed by atoms with Crippen LogP contribution in [0.25, 0.3) is 0 Å². The zero-order valence-corrected chi connectivity index (χ0v) is 12.4. The molecule has 0 unspecified atom stereocenters. The normalized spacial score (nSPS) is 14.2. The Morgan fingerprint density at radius 3 is 2.95 bits per heavy atom. The lowest BCUT2D eigenvalue weighted by molar-refractivity contribution is 0.0725. The minimum atomic E-state index is -0.280. The van der Waals surface area contributed by atoms with Crippen LogP contribution in [-0.4, -0.2) is 22.3 Å². The minimum absolute atomic E-state index is 0.221. The summed E-state index contributed by atoms with van der Waals surface area (Å²) in [5.74, 6) is -0.0191. The third-order valence-electron chi connectivity index (χ3n) is 3.53. The number of carbonyl (C=O) groups excluding carboxylic acids is 1. The Morgan fingerprint density at radius 2 is 2.25 bits per heavy atom. The van der Waals surface area contributed by atoms with Crippen LogP contribution in [0.4, 0.5) is 4.39 Å². The molecule has 0 aliphatic carbocycles. The van der Waals surface area contributed by atoms with E-state index in [-0.39, 0.29) is 18.3 Å². The number of hydrogen-bond acceptors (Lipinski definition) is 3. The molecule has 0 saturated carbocycles. The number of benzene rings is 1. The van der Waals surface area contributed by atoms with Gasteiger partial charge in [0.05, 0.1) is 0 Å². The van der Waals surface area contributed by atoms with Crippen LogP contribution in [0.2, 0.25) is 0 Å². The van der Waals surface area contributed by atoms with Crippen molar-refractivity contribution in [2.24, 2.45) is 0 Å². The average Bonchev–Trinajstić information content (AvgIpc) is 2.88. The van der Waals surface area contributed by atoms with Gasteiger partial charge >= 0.3 is 0 Å². The molecule has 3 rings (SSSR count). The highest BCUT2D eigenvalue weighted by Crippen LogP contribution is 2.29. The van der Waals surface area contributed by atoms with E-state index in [1.807, 2.05) is 0 Å². The van der Waals surface area contributed by atoms with Crippen LogP contribution in [0.5, 0.6) is 0 Å². The topological polar surface area (TPSA) is 46.3 Å². The number of rotatable bonds is 1. The predicted molar refractivity (Wildman–Crippen MR) is 73.8 cm³/mol. The molecule has 0 spiro atoms. The van der Waals surface area contributed by atoms with Crippen molar-refractivity contribution in [1.29, 1.82) is 0 Å². The lowest BCUT2D eigenvalue weighted by Crippen LogP contribution is -2.37. The van der Waals surface area contributed by atoms with E-state index in [1.54, 1.807) is 17.9 Å². The number of fused-ring (bicyclic) bond motifs is 1. The summed E-state index contributed by atoms with van der Waals surface area (Å²) in [5, 5.41) is 0. The van der Waals surface area contributed by atoms with Gasteiger partial charge in [-0.3, -0.25) is 4.79 Å². The molecular formula is C14H12BrFN2O2. The second-order valence-electron chi connectivity index (χ2n) is 4.72. The largest absolute Gasteiger partial charge is 0.448 e. The van der Waals surface area contributed by atoms with Gasteiger partial charge < -0.3 is 9.32 Å². The Kier molecular flexibility index (Phi) is 3.33. The van der Waals surface area contributed by atoms with E-state index in [0.717, 1.165) is 10.0 Å². The van der Waals surface area contributed by atoms with Gasteiger partial charge in [-0.1, -0.05) is 15.9 Å². The maximum atomic E-state index is 13.9. The van der Waals surface area contributed by atoms with Crippen LogP contribution in [-0.2, 0) is 13.0 Å². The quantitative estimate of drug-likeness (QED) is 0.802. The Morgan fingerprint density at radius 1 is 1.45 bits per heavy atom. The number of hydrogen-bond donors (Lipinski definition) is 0. The van der Waals surface area contributed by atoms with Crippen molar-refractivity contribution >= 4 is 21.8 Å². The van der Waals surface area contributed by atoms with Gasteiger partial charge in [-0.25, -0.2) is 9.37 Å². The van der Waals surface area contributed by atoms with E-state index in [9.17, 15) is 9.18 Å². The first-order valence-electron chi connectivity index (χ1n) is 6.23. The van der Waals surface area contributed by atoms with Crippen molar-refractivity contribution < 1.29 is 13.6 Å². The molecule has 1 amide bonds. The van der Waals surface area contributed by atoms with Crippen LogP contribution in [0.3, 0.4) is 0 Å². The van der Waals surface area contributed by atoms with Crippen LogP contribution < -0.4 is 0 Å². The molecule has 20 heavy (non-hydrogen) atoms. The van der Waals surface area contributed by atoms with Gasteiger partial charge in [0.25, 0.3) is 5.91 Å². The molecule has 1 aliphatic rings. The Labute approximate surface area is 123 Å². The summed E-state index contributed by atoms with van der Waals surface area (Å²) >= 11 is 3.43. The smallest absolute Gasteiger partial charge is 0.276 e. The highest BCUT2D eigenvalue weighted by atomic mass is 79.9. The third kappa shape index (κ3) is 2.14. The van der Waals surface area contributed by atoms with Crippen LogP contribution >= 0.6 is 15.9 Å². The zero-order valence-electron chi connectivity index (χ0n) is 10.8. The summed E-state index contributed by atoms with van der Waals surface area (Å²) in [5.41, 5.74) is 1.80. The SMILES string of the molecule is Cc1ocnc1C(=O)N1CCc2c(Br)ccc(F)c2C1. The second kappa shape index (κ2) is 5.01. The molecule has 1 aromatic carbocycles. The van der Waals surface area contributed by atoms with Crippen LogP contribution in [0, 0.1) is 12.7 Å². The Hall–Kier alpha value is -1.69. The second-order valence-corrected chi connectivity index (χ2v) is 5.57. The van der Waals surface area contributed by atoms with Gasteiger partial charge in [0, 0.05) is 23.1 Å². The Bertz CT molecular complexity index is 684. The van der Waals surface area contributed by atoms with Crippen molar-refractivity contribution in [3.63, 3.8) is 0 Å². The molecule has 104 valence electrons. The van der Waals surface area contributed by atoms with E-state index in [2.05, 4.69) is 20.9 Å². The van der Waals surface area contributed by atoms with E-state index in [1.165, 1.54) is 12.5 Å². The van der Waals surface area contributed by atoms with Gasteiger partial charge in [-0.05, 0) is 31.0 Å². The molecule has 0 N–H and O–H groups in total. The molecule has 1 aliphatic heterocycles. The molecule has 0 bridgehead atoms. The standard InChI is InChI=1S/C14H12BrFN2O2/c1-8-13(17-7-20-8)14(19)18-5-4-9-10(6-18)12(16)3-2-11(9)15/h2-3,7H,4-6H2,1H3. The molecule has 0 radical (unpaired) electrons. The zero-order chi connectivity index (χ0) is 14.3. The fourth-order valence-electron chi connectivity index (χ4n) is 2.43. The first kappa shape index (κ1) is 13.3. The van der Waals surface area contributed by atoms with Gasteiger partial charge in [-0.2, -0.15) is 0 Å². The molecule has 2 heterocycles.